The van der Waals surface area contributed by atoms with Gasteiger partial charge >= 0.3 is 5.97 Å². The monoisotopic (exact) mass is 309 g/mol. The molecule has 0 saturated heterocycles. The minimum absolute atomic E-state index is 0.126. The molecule has 2 heterocycles. The molecule has 0 radical (unpaired) electrons. The van der Waals surface area contributed by atoms with Gasteiger partial charge in [-0.1, -0.05) is 0 Å². The molecule has 1 amide bonds. The van der Waals surface area contributed by atoms with Crippen LogP contribution in [0.1, 0.15) is 21.2 Å². The predicted octanol–water partition coefficient (Wildman–Crippen LogP) is -0.207. The minimum Gasteiger partial charge on any atom is -0.480 e. The van der Waals surface area contributed by atoms with Gasteiger partial charge in [0.05, 0.1) is 11.3 Å². The van der Waals surface area contributed by atoms with E-state index in [1.807, 2.05) is 0 Å². The van der Waals surface area contributed by atoms with Crippen molar-refractivity contribution >= 4 is 23.2 Å². The van der Waals surface area contributed by atoms with Crippen LogP contribution in [0.2, 0.25) is 0 Å². The van der Waals surface area contributed by atoms with E-state index in [-0.39, 0.29) is 12.1 Å². The van der Waals surface area contributed by atoms with Crippen molar-refractivity contribution in [3.05, 3.63) is 34.3 Å². The van der Waals surface area contributed by atoms with E-state index in [9.17, 15) is 14.7 Å². The van der Waals surface area contributed by atoms with Crippen molar-refractivity contribution in [2.45, 2.75) is 18.9 Å². The second-order valence-electron chi connectivity index (χ2n) is 4.31. The Balaban J connectivity index is 2.01. The van der Waals surface area contributed by atoms with Crippen LogP contribution in [0.15, 0.2) is 17.9 Å². The van der Waals surface area contributed by atoms with E-state index >= 15 is 0 Å². The maximum absolute atomic E-state index is 12.0. The zero-order valence-electron chi connectivity index (χ0n) is 11.1. The average Bonchev–Trinajstić information content (AvgIpc) is 3.09. The highest BCUT2D eigenvalue weighted by atomic mass is 32.1. The Hall–Kier alpha value is -2.26. The highest BCUT2D eigenvalue weighted by Gasteiger charge is 2.22. The zero-order chi connectivity index (χ0) is 15.2. The van der Waals surface area contributed by atoms with E-state index in [0.29, 0.717) is 18.7 Å². The second-order valence-corrected chi connectivity index (χ2v) is 5.25. The average molecular weight is 309 g/mol. The van der Waals surface area contributed by atoms with Crippen LogP contribution in [-0.4, -0.2) is 44.5 Å². The quantitative estimate of drug-likeness (QED) is 0.559. The molecule has 0 aliphatic rings. The van der Waals surface area contributed by atoms with Crippen molar-refractivity contribution in [1.82, 2.24) is 20.3 Å². The molecule has 0 aliphatic heterocycles. The summed E-state index contributed by atoms with van der Waals surface area (Å²) in [6, 6.07) is -1.04. The highest BCUT2D eigenvalue weighted by molar-refractivity contribution is 7.09. The molecule has 0 aliphatic carbocycles. The number of thiazole rings is 1. The van der Waals surface area contributed by atoms with Gasteiger partial charge in [-0.3, -0.25) is 4.79 Å². The molecular weight excluding hydrogens is 294 g/mol. The Kier molecular flexibility index (Phi) is 5.01. The number of hydrogen-bond acceptors (Lipinski definition) is 6. The van der Waals surface area contributed by atoms with E-state index in [1.165, 1.54) is 23.9 Å². The first kappa shape index (κ1) is 15.1. The lowest BCUT2D eigenvalue weighted by Crippen LogP contribution is -2.42. The first-order valence-electron chi connectivity index (χ1n) is 6.25. The van der Waals surface area contributed by atoms with Gasteiger partial charge in [0.2, 0.25) is 0 Å². The number of imidazole rings is 1. The summed E-state index contributed by atoms with van der Waals surface area (Å²) in [4.78, 5) is 34.0. The number of H-pyrrole nitrogens is 1. The van der Waals surface area contributed by atoms with Gasteiger partial charge in [0, 0.05) is 30.1 Å². The molecule has 112 valence electrons. The summed E-state index contributed by atoms with van der Waals surface area (Å²) in [5.41, 5.74) is 6.26. The van der Waals surface area contributed by atoms with Gasteiger partial charge in [0.1, 0.15) is 11.7 Å². The van der Waals surface area contributed by atoms with Crippen LogP contribution >= 0.6 is 11.3 Å². The fourth-order valence-corrected chi connectivity index (χ4v) is 2.50. The number of carboxylic acids is 1. The van der Waals surface area contributed by atoms with Gasteiger partial charge in [0.25, 0.3) is 5.91 Å². The maximum Gasteiger partial charge on any atom is 0.326 e. The molecule has 1 atom stereocenters. The van der Waals surface area contributed by atoms with Crippen LogP contribution in [0, 0.1) is 0 Å². The summed E-state index contributed by atoms with van der Waals surface area (Å²) in [5.74, 6) is -1.63. The number of hydrogen-bond donors (Lipinski definition) is 4. The SMILES string of the molecule is NCCc1nc(C(=O)NC(Cc2cnc[nH]2)C(=O)O)cs1. The Morgan fingerprint density at radius 2 is 2.33 bits per heavy atom. The fraction of sp³-hybridized carbons (Fsp3) is 0.333. The third-order valence-electron chi connectivity index (χ3n) is 2.72. The van der Waals surface area contributed by atoms with Gasteiger partial charge < -0.3 is 21.1 Å². The molecule has 0 spiro atoms. The van der Waals surface area contributed by atoms with Crippen molar-refractivity contribution in [3.63, 3.8) is 0 Å². The molecule has 2 rings (SSSR count). The number of carbonyl (C=O) groups is 2. The molecule has 2 aromatic heterocycles. The summed E-state index contributed by atoms with van der Waals surface area (Å²) in [6.45, 7) is 0.451. The highest BCUT2D eigenvalue weighted by Crippen LogP contribution is 2.10. The number of carbonyl (C=O) groups excluding carboxylic acids is 1. The Bertz CT molecular complexity index is 610. The second kappa shape index (κ2) is 6.95. The van der Waals surface area contributed by atoms with Crippen molar-refractivity contribution in [2.75, 3.05) is 6.54 Å². The van der Waals surface area contributed by atoms with Crippen LogP contribution in [0.25, 0.3) is 0 Å². The summed E-state index contributed by atoms with van der Waals surface area (Å²) >= 11 is 1.33. The number of aromatic amines is 1. The Labute approximate surface area is 124 Å². The Morgan fingerprint density at radius 3 is 2.95 bits per heavy atom. The predicted molar refractivity (Wildman–Crippen MR) is 76.1 cm³/mol. The minimum atomic E-state index is -1.12. The molecule has 0 aromatic carbocycles. The third kappa shape index (κ3) is 4.10. The van der Waals surface area contributed by atoms with Crippen LogP contribution < -0.4 is 11.1 Å². The molecule has 0 fully saturated rings. The third-order valence-corrected chi connectivity index (χ3v) is 3.63. The van der Waals surface area contributed by atoms with Crippen LogP contribution in [0.5, 0.6) is 0 Å². The van der Waals surface area contributed by atoms with Crippen molar-refractivity contribution < 1.29 is 14.7 Å². The summed E-state index contributed by atoms with van der Waals surface area (Å²) in [7, 11) is 0. The smallest absolute Gasteiger partial charge is 0.326 e. The lowest BCUT2D eigenvalue weighted by Gasteiger charge is -2.12. The van der Waals surface area contributed by atoms with E-state index in [1.54, 1.807) is 5.38 Å². The molecule has 1 unspecified atom stereocenters. The Morgan fingerprint density at radius 1 is 1.52 bits per heavy atom. The van der Waals surface area contributed by atoms with Crippen LogP contribution in [-0.2, 0) is 17.6 Å². The summed E-state index contributed by atoms with van der Waals surface area (Å²) in [6.07, 6.45) is 3.69. The number of nitrogens with one attached hydrogen (secondary N) is 2. The molecular formula is C12H15N5O3S. The normalized spacial score (nSPS) is 12.0. The number of amides is 1. The van der Waals surface area contributed by atoms with Crippen molar-refractivity contribution in [1.29, 1.82) is 0 Å². The number of aliphatic carboxylic acids is 1. The lowest BCUT2D eigenvalue weighted by molar-refractivity contribution is -0.139. The molecule has 5 N–H and O–H groups in total. The van der Waals surface area contributed by atoms with Gasteiger partial charge in [0.15, 0.2) is 0 Å². The molecule has 9 heteroatoms. The summed E-state index contributed by atoms with van der Waals surface area (Å²) in [5, 5.41) is 14.0. The lowest BCUT2D eigenvalue weighted by atomic mass is 10.1. The zero-order valence-corrected chi connectivity index (χ0v) is 11.9. The maximum atomic E-state index is 12.0. The standard InChI is InChI=1S/C12H15N5O3S/c13-2-1-10-16-9(5-21-10)11(18)17-8(12(19)20)3-7-4-14-6-15-7/h4-6,8H,1-3,13H2,(H,14,15)(H,17,18)(H,19,20). The number of carboxylic acid groups (broad SMARTS) is 1. The largest absolute Gasteiger partial charge is 0.480 e. The molecule has 21 heavy (non-hydrogen) atoms. The molecule has 0 saturated carbocycles. The first-order chi connectivity index (χ1) is 10.1. The molecule has 8 nitrogen and oxygen atoms in total. The van der Waals surface area contributed by atoms with Crippen LogP contribution in [0.4, 0.5) is 0 Å². The first-order valence-corrected chi connectivity index (χ1v) is 7.13. The van der Waals surface area contributed by atoms with Crippen LogP contribution in [0.3, 0.4) is 0 Å². The number of rotatable bonds is 7. The van der Waals surface area contributed by atoms with Crippen molar-refractivity contribution in [3.8, 4) is 0 Å². The van der Waals surface area contributed by atoms with E-state index in [0.717, 1.165) is 5.01 Å². The van der Waals surface area contributed by atoms with Gasteiger partial charge in [-0.25, -0.2) is 14.8 Å². The van der Waals surface area contributed by atoms with Gasteiger partial charge in [-0.15, -0.1) is 11.3 Å². The van der Waals surface area contributed by atoms with Gasteiger partial charge in [-0.05, 0) is 6.54 Å². The number of nitrogens with two attached hydrogens (primary N) is 1. The summed E-state index contributed by atoms with van der Waals surface area (Å²) < 4.78 is 0. The molecule has 0 bridgehead atoms. The van der Waals surface area contributed by atoms with E-state index in [4.69, 9.17) is 5.73 Å². The van der Waals surface area contributed by atoms with E-state index in [2.05, 4.69) is 20.3 Å². The number of aromatic nitrogens is 3. The number of nitrogens with zero attached hydrogens (tertiary/aromatic N) is 2. The molecule has 2 aromatic rings. The topological polar surface area (TPSA) is 134 Å². The fourth-order valence-electron chi connectivity index (χ4n) is 1.70. The van der Waals surface area contributed by atoms with Crippen molar-refractivity contribution in [2.24, 2.45) is 5.73 Å². The van der Waals surface area contributed by atoms with Gasteiger partial charge in [-0.2, -0.15) is 0 Å². The van der Waals surface area contributed by atoms with E-state index < -0.39 is 17.9 Å².